The summed E-state index contributed by atoms with van der Waals surface area (Å²) < 4.78 is 24.1. The van der Waals surface area contributed by atoms with Crippen molar-refractivity contribution in [2.45, 2.75) is 19.1 Å². The zero-order chi connectivity index (χ0) is 16.2. The molecule has 0 saturated carbocycles. The molecule has 23 heavy (non-hydrogen) atoms. The van der Waals surface area contributed by atoms with Crippen LogP contribution in [-0.2, 0) is 20.8 Å². The Bertz CT molecular complexity index is 707. The molecule has 1 saturated heterocycles. The molecule has 0 radical (unpaired) electrons. The third kappa shape index (κ3) is 3.83. The van der Waals surface area contributed by atoms with Crippen molar-refractivity contribution in [3.05, 3.63) is 41.8 Å². The van der Waals surface area contributed by atoms with Crippen LogP contribution in [0.4, 0.5) is 4.39 Å². The molecule has 0 unspecified atom stereocenters. The highest BCUT2D eigenvalue weighted by Gasteiger charge is 2.24. The van der Waals surface area contributed by atoms with Crippen molar-refractivity contribution in [3.63, 3.8) is 0 Å². The fourth-order valence-electron chi connectivity index (χ4n) is 2.91. The Labute approximate surface area is 134 Å². The van der Waals surface area contributed by atoms with E-state index in [0.29, 0.717) is 19.7 Å². The van der Waals surface area contributed by atoms with Crippen LogP contribution < -0.4 is 0 Å². The predicted molar refractivity (Wildman–Crippen MR) is 83.4 cm³/mol. The molecule has 0 spiro atoms. The van der Waals surface area contributed by atoms with Crippen molar-refractivity contribution < 1.29 is 18.7 Å². The minimum absolute atomic E-state index is 0.191. The average Bonchev–Trinajstić information content (AvgIpc) is 2.55. The maximum absolute atomic E-state index is 13.8. The van der Waals surface area contributed by atoms with Gasteiger partial charge >= 0.3 is 5.97 Å². The summed E-state index contributed by atoms with van der Waals surface area (Å²) in [4.78, 5) is 17.9. The number of aromatic nitrogens is 1. The van der Waals surface area contributed by atoms with Crippen molar-refractivity contribution in [3.8, 4) is 0 Å². The summed E-state index contributed by atoms with van der Waals surface area (Å²) in [6.07, 6.45) is 1.75. The molecule has 1 fully saturated rings. The lowest BCUT2D eigenvalue weighted by Gasteiger charge is -2.32. The Hall–Kier alpha value is -2.05. The number of carbonyl (C=O) groups is 1. The van der Waals surface area contributed by atoms with Gasteiger partial charge < -0.3 is 9.47 Å². The van der Waals surface area contributed by atoms with Crippen molar-refractivity contribution >= 4 is 16.9 Å². The SMILES string of the molecule is COC(=O)C[C@@H]1CN(Cc2cc(F)cc3cccnc23)CCO1. The lowest BCUT2D eigenvalue weighted by Crippen LogP contribution is -2.42. The molecule has 5 nitrogen and oxygen atoms in total. The number of nitrogens with zero attached hydrogens (tertiary/aromatic N) is 2. The second-order valence-corrected chi connectivity index (χ2v) is 5.65. The number of halogens is 1. The third-order valence-electron chi connectivity index (χ3n) is 3.99. The summed E-state index contributed by atoms with van der Waals surface area (Å²) in [6.45, 7) is 2.47. The summed E-state index contributed by atoms with van der Waals surface area (Å²) in [5.41, 5.74) is 1.66. The number of esters is 1. The number of ether oxygens (including phenoxy) is 2. The zero-order valence-corrected chi connectivity index (χ0v) is 13.0. The number of carbonyl (C=O) groups excluding carboxylic acids is 1. The van der Waals surface area contributed by atoms with Crippen LogP contribution in [0.15, 0.2) is 30.5 Å². The standard InChI is InChI=1S/C17H19FN2O3/c1-22-16(21)9-15-11-20(5-6-23-15)10-13-8-14(18)7-12-3-2-4-19-17(12)13/h2-4,7-8,15H,5-6,9-11H2,1H3/t15-/m1/s1. The largest absolute Gasteiger partial charge is 0.469 e. The number of hydrogen-bond donors (Lipinski definition) is 0. The summed E-state index contributed by atoms with van der Waals surface area (Å²) >= 11 is 0. The quantitative estimate of drug-likeness (QED) is 0.809. The molecule has 1 aromatic carbocycles. The predicted octanol–water partition coefficient (Wildman–Crippen LogP) is 2.14. The van der Waals surface area contributed by atoms with E-state index in [0.717, 1.165) is 23.0 Å². The average molecular weight is 318 g/mol. The van der Waals surface area contributed by atoms with E-state index in [4.69, 9.17) is 4.74 Å². The second kappa shape index (κ2) is 7.02. The molecule has 0 N–H and O–H groups in total. The van der Waals surface area contributed by atoms with Gasteiger partial charge in [-0.15, -0.1) is 0 Å². The molecule has 1 aliphatic rings. The highest BCUT2D eigenvalue weighted by Crippen LogP contribution is 2.21. The maximum atomic E-state index is 13.8. The van der Waals surface area contributed by atoms with Crippen LogP contribution in [0.2, 0.25) is 0 Å². The zero-order valence-electron chi connectivity index (χ0n) is 13.0. The molecule has 6 heteroatoms. The first-order valence-corrected chi connectivity index (χ1v) is 7.59. The van der Waals surface area contributed by atoms with E-state index in [2.05, 4.69) is 14.6 Å². The Balaban J connectivity index is 1.75. The lowest BCUT2D eigenvalue weighted by molar-refractivity contribution is -0.145. The van der Waals surface area contributed by atoms with E-state index in [9.17, 15) is 9.18 Å². The van der Waals surface area contributed by atoms with Crippen LogP contribution in [0, 0.1) is 5.82 Å². The van der Waals surface area contributed by atoms with Crippen LogP contribution in [0.25, 0.3) is 10.9 Å². The fraction of sp³-hybridized carbons (Fsp3) is 0.412. The monoisotopic (exact) mass is 318 g/mol. The molecule has 1 aromatic heterocycles. The van der Waals surface area contributed by atoms with Crippen LogP contribution in [0.3, 0.4) is 0 Å². The van der Waals surface area contributed by atoms with Gasteiger partial charge in [0.1, 0.15) is 5.82 Å². The number of methoxy groups -OCH3 is 1. The van der Waals surface area contributed by atoms with Gasteiger partial charge in [-0.05, 0) is 23.8 Å². The van der Waals surface area contributed by atoms with Gasteiger partial charge in [0.2, 0.25) is 0 Å². The van der Waals surface area contributed by atoms with Crippen molar-refractivity contribution in [2.75, 3.05) is 26.8 Å². The Morgan fingerprint density at radius 2 is 2.39 bits per heavy atom. The number of rotatable bonds is 4. The van der Waals surface area contributed by atoms with Crippen LogP contribution >= 0.6 is 0 Å². The van der Waals surface area contributed by atoms with Gasteiger partial charge in [-0.1, -0.05) is 6.07 Å². The number of hydrogen-bond acceptors (Lipinski definition) is 5. The number of benzene rings is 1. The van der Waals surface area contributed by atoms with Gasteiger partial charge in [0.15, 0.2) is 0 Å². The van der Waals surface area contributed by atoms with E-state index < -0.39 is 0 Å². The van der Waals surface area contributed by atoms with Gasteiger partial charge in [-0.25, -0.2) is 4.39 Å². The normalized spacial score (nSPS) is 19.0. The third-order valence-corrected chi connectivity index (χ3v) is 3.99. The van der Waals surface area contributed by atoms with E-state index in [-0.39, 0.29) is 24.3 Å². The minimum atomic E-state index is -0.283. The van der Waals surface area contributed by atoms with Gasteiger partial charge in [0.25, 0.3) is 0 Å². The van der Waals surface area contributed by atoms with Crippen molar-refractivity contribution in [1.82, 2.24) is 9.88 Å². The van der Waals surface area contributed by atoms with Gasteiger partial charge in [0, 0.05) is 31.2 Å². The van der Waals surface area contributed by atoms with Gasteiger partial charge in [-0.3, -0.25) is 14.7 Å². The minimum Gasteiger partial charge on any atom is -0.469 e. The lowest BCUT2D eigenvalue weighted by atomic mass is 10.1. The first-order valence-electron chi connectivity index (χ1n) is 7.59. The summed E-state index contributed by atoms with van der Waals surface area (Å²) in [6, 6.07) is 6.67. The molecule has 3 rings (SSSR count). The topological polar surface area (TPSA) is 51.7 Å². The molecule has 0 bridgehead atoms. The summed E-state index contributed by atoms with van der Waals surface area (Å²) in [7, 11) is 1.37. The molecular formula is C17H19FN2O3. The smallest absolute Gasteiger partial charge is 0.308 e. The molecule has 1 aliphatic heterocycles. The Kier molecular flexibility index (Phi) is 4.83. The molecule has 0 aliphatic carbocycles. The van der Waals surface area contributed by atoms with E-state index in [1.807, 2.05) is 6.07 Å². The first-order chi connectivity index (χ1) is 11.2. The second-order valence-electron chi connectivity index (χ2n) is 5.65. The summed E-state index contributed by atoms with van der Waals surface area (Å²) in [5.74, 6) is -0.547. The van der Waals surface area contributed by atoms with Gasteiger partial charge in [0.05, 0.1) is 31.8 Å². The molecule has 0 amide bonds. The fourth-order valence-corrected chi connectivity index (χ4v) is 2.91. The molecule has 122 valence electrons. The Morgan fingerprint density at radius 3 is 3.22 bits per heavy atom. The van der Waals surface area contributed by atoms with Crippen LogP contribution in [0.1, 0.15) is 12.0 Å². The highest BCUT2D eigenvalue weighted by atomic mass is 19.1. The molecular weight excluding hydrogens is 299 g/mol. The van der Waals surface area contributed by atoms with E-state index >= 15 is 0 Å². The molecule has 2 aromatic rings. The number of pyridine rings is 1. The summed E-state index contributed by atoms with van der Waals surface area (Å²) in [5, 5.41) is 0.793. The molecule has 1 atom stereocenters. The maximum Gasteiger partial charge on any atom is 0.308 e. The van der Waals surface area contributed by atoms with Crippen molar-refractivity contribution in [1.29, 1.82) is 0 Å². The van der Waals surface area contributed by atoms with Gasteiger partial charge in [-0.2, -0.15) is 0 Å². The highest BCUT2D eigenvalue weighted by molar-refractivity contribution is 5.81. The molecule has 2 heterocycles. The van der Waals surface area contributed by atoms with Crippen LogP contribution in [-0.4, -0.2) is 48.8 Å². The number of fused-ring (bicyclic) bond motifs is 1. The van der Waals surface area contributed by atoms with E-state index in [1.54, 1.807) is 12.3 Å². The van der Waals surface area contributed by atoms with Crippen LogP contribution in [0.5, 0.6) is 0 Å². The van der Waals surface area contributed by atoms with Crippen molar-refractivity contribution in [2.24, 2.45) is 0 Å². The Morgan fingerprint density at radius 1 is 1.52 bits per heavy atom. The first kappa shape index (κ1) is 15.8. The van der Waals surface area contributed by atoms with E-state index in [1.165, 1.54) is 19.2 Å². The number of morpholine rings is 1.